The smallest absolute Gasteiger partial charge is 0.150 e. The standard InChI is InChI=1S/C13H17BrN4S/c14-3-6-17-4-1-5-18(8-7-17)13-12-11(2-9-19-12)15-10-16-13/h2,9-10H,1,3-8H2. The number of nitrogens with zero attached hydrogens (tertiary/aromatic N) is 4. The number of hydrogen-bond acceptors (Lipinski definition) is 5. The van der Waals surface area contributed by atoms with Crippen molar-refractivity contribution in [2.45, 2.75) is 6.42 Å². The Balaban J connectivity index is 1.80. The minimum Gasteiger partial charge on any atom is -0.354 e. The van der Waals surface area contributed by atoms with Gasteiger partial charge in [-0.15, -0.1) is 11.3 Å². The van der Waals surface area contributed by atoms with Gasteiger partial charge in [-0.1, -0.05) is 15.9 Å². The fourth-order valence-electron chi connectivity index (χ4n) is 2.53. The molecule has 0 saturated carbocycles. The Morgan fingerprint density at radius 1 is 1.21 bits per heavy atom. The van der Waals surface area contributed by atoms with Crippen molar-refractivity contribution in [2.24, 2.45) is 0 Å². The van der Waals surface area contributed by atoms with Gasteiger partial charge in [0.25, 0.3) is 0 Å². The number of alkyl halides is 1. The molecule has 19 heavy (non-hydrogen) atoms. The SMILES string of the molecule is BrCCN1CCCN(c2ncnc3ccsc23)CC1. The van der Waals surface area contributed by atoms with Gasteiger partial charge in [-0.05, 0) is 24.4 Å². The van der Waals surface area contributed by atoms with Gasteiger partial charge in [0.2, 0.25) is 0 Å². The summed E-state index contributed by atoms with van der Waals surface area (Å²) in [6, 6.07) is 2.07. The molecule has 0 aromatic carbocycles. The number of rotatable bonds is 3. The van der Waals surface area contributed by atoms with Crippen LogP contribution in [0.25, 0.3) is 10.2 Å². The van der Waals surface area contributed by atoms with Crippen LogP contribution in [0, 0.1) is 0 Å². The number of thiophene rings is 1. The van der Waals surface area contributed by atoms with Crippen molar-refractivity contribution in [1.82, 2.24) is 14.9 Å². The van der Waals surface area contributed by atoms with E-state index in [2.05, 4.69) is 47.1 Å². The van der Waals surface area contributed by atoms with Crippen LogP contribution in [-0.2, 0) is 0 Å². The molecule has 0 atom stereocenters. The van der Waals surface area contributed by atoms with Crippen LogP contribution in [0.15, 0.2) is 17.8 Å². The summed E-state index contributed by atoms with van der Waals surface area (Å²) in [4.78, 5) is 13.8. The lowest BCUT2D eigenvalue weighted by Gasteiger charge is -2.22. The molecule has 6 heteroatoms. The molecule has 0 N–H and O–H groups in total. The number of hydrogen-bond donors (Lipinski definition) is 0. The molecule has 2 aromatic heterocycles. The minimum atomic E-state index is 1.05. The first kappa shape index (κ1) is 13.3. The first-order valence-electron chi connectivity index (χ1n) is 6.60. The maximum absolute atomic E-state index is 4.51. The molecule has 1 aliphatic rings. The van der Waals surface area contributed by atoms with E-state index in [1.807, 2.05) is 0 Å². The predicted octanol–water partition coefficient (Wildman–Crippen LogP) is 2.60. The fourth-order valence-corrected chi connectivity index (χ4v) is 3.89. The van der Waals surface area contributed by atoms with Crippen LogP contribution in [0.4, 0.5) is 5.82 Å². The van der Waals surface area contributed by atoms with Crippen molar-refractivity contribution >= 4 is 43.3 Å². The number of fused-ring (bicyclic) bond motifs is 1. The molecule has 3 heterocycles. The van der Waals surface area contributed by atoms with Gasteiger partial charge in [0.15, 0.2) is 0 Å². The van der Waals surface area contributed by atoms with E-state index in [1.54, 1.807) is 17.7 Å². The first-order chi connectivity index (χ1) is 9.38. The molecule has 1 fully saturated rings. The predicted molar refractivity (Wildman–Crippen MR) is 84.5 cm³/mol. The van der Waals surface area contributed by atoms with Crippen molar-refractivity contribution in [3.63, 3.8) is 0 Å². The summed E-state index contributed by atoms with van der Waals surface area (Å²) in [5.41, 5.74) is 1.07. The Morgan fingerprint density at radius 2 is 2.16 bits per heavy atom. The van der Waals surface area contributed by atoms with E-state index in [9.17, 15) is 0 Å². The van der Waals surface area contributed by atoms with Crippen molar-refractivity contribution in [3.05, 3.63) is 17.8 Å². The van der Waals surface area contributed by atoms with Crippen LogP contribution >= 0.6 is 27.3 Å². The zero-order chi connectivity index (χ0) is 13.1. The van der Waals surface area contributed by atoms with Crippen LogP contribution in [0.2, 0.25) is 0 Å². The maximum Gasteiger partial charge on any atom is 0.150 e. The van der Waals surface area contributed by atoms with Gasteiger partial charge in [-0.25, -0.2) is 9.97 Å². The lowest BCUT2D eigenvalue weighted by molar-refractivity contribution is 0.313. The zero-order valence-corrected chi connectivity index (χ0v) is 13.2. The van der Waals surface area contributed by atoms with Crippen molar-refractivity contribution in [3.8, 4) is 0 Å². The molecular formula is C13H17BrN4S. The summed E-state index contributed by atoms with van der Waals surface area (Å²) in [5.74, 6) is 1.11. The van der Waals surface area contributed by atoms with E-state index < -0.39 is 0 Å². The molecule has 0 aliphatic carbocycles. The summed E-state index contributed by atoms with van der Waals surface area (Å²) >= 11 is 5.26. The molecule has 3 rings (SSSR count). The van der Waals surface area contributed by atoms with Crippen molar-refractivity contribution in [2.75, 3.05) is 43.0 Å². The van der Waals surface area contributed by atoms with Crippen molar-refractivity contribution in [1.29, 1.82) is 0 Å². The highest BCUT2D eigenvalue weighted by atomic mass is 79.9. The highest BCUT2D eigenvalue weighted by Crippen LogP contribution is 2.28. The molecule has 0 radical (unpaired) electrons. The van der Waals surface area contributed by atoms with E-state index in [-0.39, 0.29) is 0 Å². The molecule has 1 aliphatic heterocycles. The van der Waals surface area contributed by atoms with Crippen LogP contribution in [0.1, 0.15) is 6.42 Å². The third-order valence-electron chi connectivity index (χ3n) is 3.51. The molecule has 102 valence electrons. The Labute approximate surface area is 125 Å². The Morgan fingerprint density at radius 3 is 3.05 bits per heavy atom. The first-order valence-corrected chi connectivity index (χ1v) is 8.60. The summed E-state index contributed by atoms with van der Waals surface area (Å²) in [5, 5.41) is 3.15. The summed E-state index contributed by atoms with van der Waals surface area (Å²) in [6.07, 6.45) is 2.88. The fraction of sp³-hybridized carbons (Fsp3) is 0.538. The molecule has 0 bridgehead atoms. The van der Waals surface area contributed by atoms with Gasteiger partial charge in [0.05, 0.1) is 10.2 Å². The van der Waals surface area contributed by atoms with Gasteiger partial charge in [0.1, 0.15) is 12.1 Å². The van der Waals surface area contributed by atoms with Crippen molar-refractivity contribution < 1.29 is 0 Å². The van der Waals surface area contributed by atoms with Gasteiger partial charge < -0.3 is 9.80 Å². The van der Waals surface area contributed by atoms with Gasteiger partial charge >= 0.3 is 0 Å². The molecule has 2 aromatic rings. The largest absolute Gasteiger partial charge is 0.354 e. The molecule has 0 unspecified atom stereocenters. The van der Waals surface area contributed by atoms with Gasteiger partial charge in [-0.3, -0.25) is 0 Å². The van der Waals surface area contributed by atoms with E-state index in [1.165, 1.54) is 17.7 Å². The van der Waals surface area contributed by atoms with Gasteiger partial charge in [-0.2, -0.15) is 0 Å². The molecule has 0 spiro atoms. The highest BCUT2D eigenvalue weighted by Gasteiger charge is 2.18. The summed E-state index contributed by atoms with van der Waals surface area (Å²) < 4.78 is 1.22. The van der Waals surface area contributed by atoms with E-state index in [4.69, 9.17) is 0 Å². The van der Waals surface area contributed by atoms with E-state index in [0.717, 1.165) is 42.8 Å². The molecule has 4 nitrogen and oxygen atoms in total. The van der Waals surface area contributed by atoms with Crippen LogP contribution < -0.4 is 4.90 Å². The second-order valence-electron chi connectivity index (χ2n) is 4.70. The minimum absolute atomic E-state index is 1.05. The second-order valence-corrected chi connectivity index (χ2v) is 6.41. The Hall–Kier alpha value is -0.720. The average Bonchev–Trinajstić information content (AvgIpc) is 2.79. The topological polar surface area (TPSA) is 32.3 Å². The van der Waals surface area contributed by atoms with Crippen LogP contribution in [0.3, 0.4) is 0 Å². The third-order valence-corrected chi connectivity index (χ3v) is 4.77. The summed E-state index contributed by atoms with van der Waals surface area (Å²) in [7, 11) is 0. The van der Waals surface area contributed by atoms with E-state index >= 15 is 0 Å². The lowest BCUT2D eigenvalue weighted by Crippen LogP contribution is -2.32. The molecular weight excluding hydrogens is 324 g/mol. The normalized spacial score (nSPS) is 17.8. The quantitative estimate of drug-likeness (QED) is 0.804. The number of aromatic nitrogens is 2. The third kappa shape index (κ3) is 2.90. The zero-order valence-electron chi connectivity index (χ0n) is 10.8. The Bertz CT molecular complexity index is 544. The average molecular weight is 341 g/mol. The highest BCUT2D eigenvalue weighted by molar-refractivity contribution is 9.09. The molecule has 1 saturated heterocycles. The lowest BCUT2D eigenvalue weighted by atomic mass is 10.3. The second kappa shape index (κ2) is 6.15. The Kier molecular flexibility index (Phi) is 4.30. The number of halogens is 1. The van der Waals surface area contributed by atoms with Gasteiger partial charge in [0, 0.05) is 31.5 Å². The van der Waals surface area contributed by atoms with Crippen LogP contribution in [-0.4, -0.2) is 52.9 Å². The molecule has 0 amide bonds. The summed E-state index contributed by atoms with van der Waals surface area (Å²) in [6.45, 7) is 5.56. The monoisotopic (exact) mass is 340 g/mol. The van der Waals surface area contributed by atoms with Crippen LogP contribution in [0.5, 0.6) is 0 Å². The maximum atomic E-state index is 4.51. The number of anilines is 1. The van der Waals surface area contributed by atoms with E-state index in [0.29, 0.717) is 0 Å².